The SMILES string of the molecule is C[As](C)(=O)[O-].[Rb+]. The zero-order valence-electron chi connectivity index (χ0n) is 4.26. The molecule has 6 heavy (non-hydrogen) atoms. The van der Waals surface area contributed by atoms with E-state index in [0.717, 1.165) is 0 Å². The van der Waals surface area contributed by atoms with Gasteiger partial charge in [-0.3, -0.25) is 0 Å². The standard InChI is InChI=1S/C2H7AsO2.Rb/c1-3(2,4)5;/h1-2H3,(H,4,5);/q;+1/p-1. The van der Waals surface area contributed by atoms with E-state index in [1.807, 2.05) is 0 Å². The van der Waals surface area contributed by atoms with Crippen molar-refractivity contribution in [2.75, 3.05) is 0 Å². The Kier molecular flexibility index (Phi) is 7.42. The van der Waals surface area contributed by atoms with Gasteiger partial charge >= 0.3 is 91.3 Å². The van der Waals surface area contributed by atoms with E-state index in [1.165, 1.54) is 11.4 Å². The molecule has 0 saturated heterocycles. The van der Waals surface area contributed by atoms with Crippen LogP contribution in [0, 0.1) is 0 Å². The molecule has 0 rings (SSSR count). The van der Waals surface area contributed by atoms with Crippen LogP contribution in [0.4, 0.5) is 0 Å². The largest absolute Gasteiger partial charge is 1.00 e. The normalized spacial score (nSPS) is 9.83. The number of hydrogen-bond donors (Lipinski definition) is 0. The smallest absolute Gasteiger partial charge is 1.00 e. The second-order valence-electron chi connectivity index (χ2n) is 1.25. The van der Waals surface area contributed by atoms with Crippen LogP contribution in [0.3, 0.4) is 0 Å². The zero-order valence-corrected chi connectivity index (χ0v) is 11.1. The maximum atomic E-state index is 9.72. The van der Waals surface area contributed by atoms with Gasteiger partial charge in [0.2, 0.25) is 0 Å². The summed E-state index contributed by atoms with van der Waals surface area (Å²) in [4.78, 5) is 0. The average molecular weight is 222 g/mol. The molecule has 0 heterocycles. The first-order chi connectivity index (χ1) is 2.00. The minimum atomic E-state index is -3.38. The predicted molar refractivity (Wildman–Crippen MR) is 18.2 cm³/mol. The monoisotopic (exact) mass is 222 g/mol. The summed E-state index contributed by atoms with van der Waals surface area (Å²) >= 11 is -3.38. The van der Waals surface area contributed by atoms with Crippen molar-refractivity contribution < 1.29 is 66.0 Å². The molecule has 0 saturated carbocycles. The molecule has 0 unspecified atom stereocenters. The molecule has 0 aromatic rings. The van der Waals surface area contributed by atoms with Crippen molar-refractivity contribution in [1.29, 1.82) is 0 Å². The summed E-state index contributed by atoms with van der Waals surface area (Å²) in [6, 6.07) is 0. The van der Waals surface area contributed by atoms with Crippen molar-refractivity contribution >= 4 is 13.8 Å². The van der Waals surface area contributed by atoms with Crippen LogP contribution in [-0.4, -0.2) is 13.8 Å². The molecule has 2 nitrogen and oxygen atoms in total. The van der Waals surface area contributed by atoms with Crippen LogP contribution in [0.25, 0.3) is 0 Å². The summed E-state index contributed by atoms with van der Waals surface area (Å²) in [5.74, 6) is 0. The van der Waals surface area contributed by atoms with Crippen LogP contribution in [0.1, 0.15) is 0 Å². The van der Waals surface area contributed by atoms with E-state index >= 15 is 0 Å². The van der Waals surface area contributed by atoms with E-state index < -0.39 is 13.8 Å². The van der Waals surface area contributed by atoms with Gasteiger partial charge in [0.15, 0.2) is 0 Å². The van der Waals surface area contributed by atoms with Crippen LogP contribution in [0.5, 0.6) is 0 Å². The van der Waals surface area contributed by atoms with Gasteiger partial charge in [0, 0.05) is 0 Å². The fourth-order valence-electron chi connectivity index (χ4n) is 0. The topological polar surface area (TPSA) is 40.1 Å². The summed E-state index contributed by atoms with van der Waals surface area (Å²) in [7, 11) is 0. The van der Waals surface area contributed by atoms with E-state index in [0.29, 0.717) is 0 Å². The van der Waals surface area contributed by atoms with Gasteiger partial charge in [-0.2, -0.15) is 0 Å². The van der Waals surface area contributed by atoms with Crippen molar-refractivity contribution in [3.05, 3.63) is 0 Å². The first-order valence-corrected chi connectivity index (χ1v) is 6.54. The maximum absolute atomic E-state index is 9.72. The Balaban J connectivity index is 0. The van der Waals surface area contributed by atoms with Crippen LogP contribution >= 0.6 is 0 Å². The summed E-state index contributed by atoms with van der Waals surface area (Å²) in [6.45, 7) is 0. The third-order valence-corrected chi connectivity index (χ3v) is 0. The Morgan fingerprint density at radius 2 is 1.50 bits per heavy atom. The van der Waals surface area contributed by atoms with Crippen LogP contribution in [-0.2, 0) is 3.74 Å². The summed E-state index contributed by atoms with van der Waals surface area (Å²) in [5.41, 5.74) is 2.50. The molecule has 0 aliphatic heterocycles. The minimum Gasteiger partial charge on any atom is 1.00 e. The fraction of sp³-hybridized carbons (Fsp3) is 1.00. The molecule has 0 atom stereocenters. The Labute approximate surface area is 89.1 Å². The maximum Gasteiger partial charge on any atom is 1.00 e. The van der Waals surface area contributed by atoms with Crippen molar-refractivity contribution in [1.82, 2.24) is 0 Å². The molecule has 32 valence electrons. The molecule has 0 radical (unpaired) electrons. The Hall–Kier alpha value is 2.12. The number of rotatable bonds is 0. The first kappa shape index (κ1) is 11.0. The molecule has 0 aromatic heterocycles. The van der Waals surface area contributed by atoms with Crippen molar-refractivity contribution in [3.63, 3.8) is 0 Å². The minimum absolute atomic E-state index is 0. The molecular weight excluding hydrogens is 216 g/mol. The molecule has 0 aromatic carbocycles. The molecule has 0 amide bonds. The van der Waals surface area contributed by atoms with Crippen molar-refractivity contribution in [2.24, 2.45) is 0 Å². The summed E-state index contributed by atoms with van der Waals surface area (Å²) < 4.78 is 19.4. The average Bonchev–Trinajstić information content (AvgIpc) is 0.722. The van der Waals surface area contributed by atoms with Gasteiger partial charge in [0.25, 0.3) is 0 Å². The fourth-order valence-corrected chi connectivity index (χ4v) is 0. The molecular formula is C2H6AsO2Rb. The van der Waals surface area contributed by atoms with Crippen LogP contribution in [0.15, 0.2) is 0 Å². The molecule has 0 spiro atoms. The van der Waals surface area contributed by atoms with E-state index in [2.05, 4.69) is 0 Å². The van der Waals surface area contributed by atoms with E-state index in [4.69, 9.17) is 0 Å². The van der Waals surface area contributed by atoms with Crippen LogP contribution < -0.4 is 62.3 Å². The molecule has 0 bridgehead atoms. The van der Waals surface area contributed by atoms with Crippen molar-refractivity contribution in [3.8, 4) is 0 Å². The Morgan fingerprint density at radius 3 is 1.50 bits per heavy atom. The molecule has 0 aliphatic carbocycles. The third-order valence-electron chi connectivity index (χ3n) is 0. The Bertz CT molecular complexity index is 57.7. The van der Waals surface area contributed by atoms with Gasteiger partial charge in [-0.05, 0) is 0 Å². The first-order valence-electron chi connectivity index (χ1n) is 1.26. The van der Waals surface area contributed by atoms with Gasteiger partial charge in [0.1, 0.15) is 0 Å². The van der Waals surface area contributed by atoms with Gasteiger partial charge in [-0.1, -0.05) is 0 Å². The quantitative estimate of drug-likeness (QED) is 0.399. The molecule has 0 fully saturated rings. The second-order valence-corrected chi connectivity index (χ2v) is 6.51. The van der Waals surface area contributed by atoms with Gasteiger partial charge in [-0.25, -0.2) is 0 Å². The predicted octanol–water partition coefficient (Wildman–Crippen LogP) is -3.52. The van der Waals surface area contributed by atoms with Gasteiger partial charge < -0.3 is 0 Å². The van der Waals surface area contributed by atoms with E-state index in [9.17, 15) is 7.84 Å². The van der Waals surface area contributed by atoms with Crippen molar-refractivity contribution in [2.45, 2.75) is 11.4 Å². The van der Waals surface area contributed by atoms with Gasteiger partial charge in [0.05, 0.1) is 0 Å². The summed E-state index contributed by atoms with van der Waals surface area (Å²) in [6.07, 6.45) is 0. The zero-order chi connectivity index (χ0) is 4.50. The van der Waals surface area contributed by atoms with Gasteiger partial charge in [-0.15, -0.1) is 0 Å². The molecule has 0 N–H and O–H groups in total. The Morgan fingerprint density at radius 1 is 1.50 bits per heavy atom. The van der Waals surface area contributed by atoms with E-state index in [-0.39, 0.29) is 58.2 Å². The summed E-state index contributed by atoms with van der Waals surface area (Å²) in [5, 5.41) is 0. The molecule has 4 heteroatoms. The van der Waals surface area contributed by atoms with E-state index in [1.54, 1.807) is 0 Å². The third kappa shape index (κ3) is 35.6. The number of hydrogen-bond acceptors (Lipinski definition) is 2. The molecule has 0 aliphatic rings. The second kappa shape index (κ2) is 4.05. The van der Waals surface area contributed by atoms with Crippen LogP contribution in [0.2, 0.25) is 11.4 Å².